The van der Waals surface area contributed by atoms with Crippen molar-refractivity contribution in [1.82, 2.24) is 4.90 Å². The quantitative estimate of drug-likeness (QED) is 0.726. The third-order valence-electron chi connectivity index (χ3n) is 4.75. The van der Waals surface area contributed by atoms with Crippen molar-refractivity contribution in [1.29, 1.82) is 0 Å². The summed E-state index contributed by atoms with van der Waals surface area (Å²) in [6.45, 7) is 1.60. The van der Waals surface area contributed by atoms with Crippen molar-refractivity contribution >= 4 is 11.7 Å². The van der Waals surface area contributed by atoms with Gasteiger partial charge in [0.15, 0.2) is 5.78 Å². The van der Waals surface area contributed by atoms with Crippen LogP contribution in [-0.2, 0) is 15.7 Å². The summed E-state index contributed by atoms with van der Waals surface area (Å²) in [5.74, 6) is -1.34. The number of nitrogens with zero attached hydrogens (tertiary/aromatic N) is 1. The predicted octanol–water partition coefficient (Wildman–Crippen LogP) is 3.92. The van der Waals surface area contributed by atoms with Crippen molar-refractivity contribution in [2.45, 2.75) is 18.5 Å². The molecule has 4 nitrogen and oxygen atoms in total. The van der Waals surface area contributed by atoms with Gasteiger partial charge >= 0.3 is 6.18 Å². The normalized spacial score (nSPS) is 15.9. The van der Waals surface area contributed by atoms with E-state index in [9.17, 15) is 22.8 Å². The molecule has 0 aromatic heterocycles. The Bertz CT molecular complexity index is 813. The van der Waals surface area contributed by atoms with Crippen LogP contribution in [0.1, 0.15) is 33.8 Å². The van der Waals surface area contributed by atoms with Crippen molar-refractivity contribution in [3.8, 4) is 0 Å². The van der Waals surface area contributed by atoms with E-state index in [1.165, 1.54) is 12.1 Å². The van der Waals surface area contributed by atoms with Crippen LogP contribution in [-0.4, -0.2) is 42.9 Å². The number of benzene rings is 2. The third-order valence-corrected chi connectivity index (χ3v) is 4.75. The van der Waals surface area contributed by atoms with Crippen molar-refractivity contribution in [3.05, 3.63) is 71.3 Å². The van der Waals surface area contributed by atoms with Gasteiger partial charge in [-0.1, -0.05) is 42.5 Å². The van der Waals surface area contributed by atoms with Crippen LogP contribution in [0.2, 0.25) is 0 Å². The third kappa shape index (κ3) is 4.78. The highest BCUT2D eigenvalue weighted by Gasteiger charge is 2.32. The number of hydrogen-bond donors (Lipinski definition) is 0. The molecule has 0 bridgehead atoms. The lowest BCUT2D eigenvalue weighted by Gasteiger charge is -2.30. The molecule has 0 aliphatic carbocycles. The highest BCUT2D eigenvalue weighted by atomic mass is 19.4. The number of halogens is 3. The Morgan fingerprint density at radius 1 is 0.964 bits per heavy atom. The Kier molecular flexibility index (Phi) is 6.14. The van der Waals surface area contributed by atoms with Gasteiger partial charge in [0.1, 0.15) is 0 Å². The summed E-state index contributed by atoms with van der Waals surface area (Å²) in [6.07, 6.45) is -4.56. The number of carbonyl (C=O) groups excluding carboxylic acids is 2. The summed E-state index contributed by atoms with van der Waals surface area (Å²) < 4.78 is 43.8. The zero-order valence-electron chi connectivity index (χ0n) is 15.1. The van der Waals surface area contributed by atoms with Gasteiger partial charge in [0.05, 0.1) is 24.7 Å². The van der Waals surface area contributed by atoms with Gasteiger partial charge in [-0.05, 0) is 17.7 Å². The van der Waals surface area contributed by atoms with Gasteiger partial charge < -0.3 is 9.64 Å². The van der Waals surface area contributed by atoms with E-state index in [4.69, 9.17) is 4.74 Å². The molecule has 28 heavy (non-hydrogen) atoms. The van der Waals surface area contributed by atoms with Crippen LogP contribution in [0.15, 0.2) is 54.6 Å². The molecule has 1 saturated heterocycles. The van der Waals surface area contributed by atoms with Gasteiger partial charge in [-0.3, -0.25) is 9.59 Å². The molecule has 0 saturated carbocycles. The number of Topliss-reactive ketones (excluding diaryl/α,β-unsaturated/α-hetero) is 1. The number of ketones is 1. The summed E-state index contributed by atoms with van der Waals surface area (Å²) in [7, 11) is 0. The van der Waals surface area contributed by atoms with Gasteiger partial charge in [0.25, 0.3) is 0 Å². The second kappa shape index (κ2) is 8.56. The molecule has 1 fully saturated rings. The maximum atomic E-state index is 13.0. The number of amides is 1. The molecule has 7 heteroatoms. The molecule has 148 valence electrons. The van der Waals surface area contributed by atoms with E-state index in [-0.39, 0.29) is 18.1 Å². The Morgan fingerprint density at radius 3 is 2.14 bits per heavy atom. The predicted molar refractivity (Wildman–Crippen MR) is 97.0 cm³/mol. The smallest absolute Gasteiger partial charge is 0.378 e. The fourth-order valence-corrected chi connectivity index (χ4v) is 3.18. The van der Waals surface area contributed by atoms with E-state index < -0.39 is 17.7 Å². The minimum absolute atomic E-state index is 0.106. The molecule has 1 heterocycles. The maximum Gasteiger partial charge on any atom is 0.416 e. The van der Waals surface area contributed by atoms with Crippen molar-refractivity contribution < 1.29 is 27.5 Å². The lowest BCUT2D eigenvalue weighted by atomic mass is 9.89. The topological polar surface area (TPSA) is 46.6 Å². The summed E-state index contributed by atoms with van der Waals surface area (Å²) in [5, 5.41) is 0. The number of rotatable bonds is 5. The van der Waals surface area contributed by atoms with Crippen LogP contribution < -0.4 is 0 Å². The lowest BCUT2D eigenvalue weighted by molar-refractivity contribution is -0.137. The fraction of sp³-hybridized carbons (Fsp3) is 0.333. The van der Waals surface area contributed by atoms with E-state index in [1.807, 2.05) is 0 Å². The van der Waals surface area contributed by atoms with E-state index >= 15 is 0 Å². The first-order chi connectivity index (χ1) is 13.4. The molecule has 0 N–H and O–H groups in total. The largest absolute Gasteiger partial charge is 0.416 e. The maximum absolute atomic E-state index is 13.0. The van der Waals surface area contributed by atoms with E-state index in [1.54, 1.807) is 35.2 Å². The first-order valence-corrected chi connectivity index (χ1v) is 8.98. The molecule has 1 atom stereocenters. The van der Waals surface area contributed by atoms with Crippen molar-refractivity contribution in [3.63, 3.8) is 0 Å². The van der Waals surface area contributed by atoms with Crippen molar-refractivity contribution in [2.24, 2.45) is 0 Å². The second-order valence-electron chi connectivity index (χ2n) is 6.60. The van der Waals surface area contributed by atoms with E-state index in [0.717, 1.165) is 12.1 Å². The zero-order chi connectivity index (χ0) is 20.1. The molecule has 0 unspecified atom stereocenters. The number of hydrogen-bond acceptors (Lipinski definition) is 3. The highest BCUT2D eigenvalue weighted by Crippen LogP contribution is 2.32. The van der Waals surface area contributed by atoms with Crippen LogP contribution in [0.3, 0.4) is 0 Å². The van der Waals surface area contributed by atoms with Gasteiger partial charge in [-0.15, -0.1) is 0 Å². The SMILES string of the molecule is O=C(C[C@@H](C(=O)N1CCOCC1)c1ccc(C(F)(F)F)cc1)c1ccccc1. The van der Waals surface area contributed by atoms with Crippen LogP contribution in [0.5, 0.6) is 0 Å². The minimum atomic E-state index is -4.46. The van der Waals surface area contributed by atoms with Crippen molar-refractivity contribution in [2.75, 3.05) is 26.3 Å². The average Bonchev–Trinajstić information content (AvgIpc) is 2.72. The number of carbonyl (C=O) groups is 2. The first kappa shape index (κ1) is 20.1. The first-order valence-electron chi connectivity index (χ1n) is 8.98. The molecular weight excluding hydrogens is 371 g/mol. The Hall–Kier alpha value is -2.67. The fourth-order valence-electron chi connectivity index (χ4n) is 3.18. The van der Waals surface area contributed by atoms with Crippen LogP contribution in [0.25, 0.3) is 0 Å². The van der Waals surface area contributed by atoms with Crippen LogP contribution >= 0.6 is 0 Å². The standard InChI is InChI=1S/C21H20F3NO3/c22-21(23,24)17-8-6-15(7-9-17)18(20(27)25-10-12-28-13-11-25)14-19(26)16-4-2-1-3-5-16/h1-9,18H,10-14H2/t18-/m1/s1. The molecule has 2 aromatic rings. The molecule has 1 aliphatic heterocycles. The lowest BCUT2D eigenvalue weighted by Crippen LogP contribution is -2.43. The second-order valence-corrected chi connectivity index (χ2v) is 6.60. The minimum Gasteiger partial charge on any atom is -0.378 e. The molecule has 1 aliphatic rings. The Balaban J connectivity index is 1.87. The average molecular weight is 391 g/mol. The number of morpholine rings is 1. The van der Waals surface area contributed by atoms with E-state index in [2.05, 4.69) is 0 Å². The molecular formula is C21H20F3NO3. The Morgan fingerprint density at radius 2 is 1.57 bits per heavy atom. The van der Waals surface area contributed by atoms with Crippen LogP contribution in [0, 0.1) is 0 Å². The zero-order valence-corrected chi connectivity index (χ0v) is 15.1. The van der Waals surface area contributed by atoms with Gasteiger partial charge in [0.2, 0.25) is 5.91 Å². The summed E-state index contributed by atoms with van der Waals surface area (Å²) in [5.41, 5.74) is 0.0752. The molecule has 1 amide bonds. The summed E-state index contributed by atoms with van der Waals surface area (Å²) >= 11 is 0. The highest BCUT2D eigenvalue weighted by molar-refractivity contribution is 6.00. The molecule has 3 rings (SSSR count). The van der Waals surface area contributed by atoms with Crippen LogP contribution in [0.4, 0.5) is 13.2 Å². The van der Waals surface area contributed by atoms with E-state index in [0.29, 0.717) is 37.4 Å². The molecule has 0 radical (unpaired) electrons. The van der Waals surface area contributed by atoms with Gasteiger partial charge in [-0.25, -0.2) is 0 Å². The Labute approximate surface area is 160 Å². The summed E-state index contributed by atoms with van der Waals surface area (Å²) in [6, 6.07) is 13.0. The summed E-state index contributed by atoms with van der Waals surface area (Å²) in [4.78, 5) is 27.3. The molecule has 2 aromatic carbocycles. The monoisotopic (exact) mass is 391 g/mol. The number of ether oxygens (including phenoxy) is 1. The molecule has 0 spiro atoms. The van der Waals surface area contributed by atoms with Gasteiger partial charge in [-0.2, -0.15) is 13.2 Å². The van der Waals surface area contributed by atoms with Gasteiger partial charge in [0, 0.05) is 25.1 Å². The number of alkyl halides is 3.